The molecule has 0 aromatic heterocycles. The highest BCUT2D eigenvalue weighted by Crippen LogP contribution is 2.26. The van der Waals surface area contributed by atoms with Gasteiger partial charge < -0.3 is 10.0 Å². The Labute approximate surface area is 122 Å². The highest BCUT2D eigenvalue weighted by Gasteiger charge is 2.22. The van der Waals surface area contributed by atoms with E-state index < -0.39 is 0 Å². The summed E-state index contributed by atoms with van der Waals surface area (Å²) < 4.78 is 0.612. The monoisotopic (exact) mass is 325 g/mol. The molecule has 1 amide bonds. The van der Waals surface area contributed by atoms with E-state index in [9.17, 15) is 9.90 Å². The molecule has 0 atom stereocenters. The summed E-state index contributed by atoms with van der Waals surface area (Å²) in [6.07, 6.45) is 7.13. The van der Waals surface area contributed by atoms with Crippen LogP contribution in [-0.4, -0.2) is 29.0 Å². The fourth-order valence-electron chi connectivity index (χ4n) is 2.66. The molecule has 1 aromatic carbocycles. The van der Waals surface area contributed by atoms with E-state index in [4.69, 9.17) is 0 Å². The summed E-state index contributed by atoms with van der Waals surface area (Å²) in [6, 6.07) is 5.32. The van der Waals surface area contributed by atoms with E-state index in [0.29, 0.717) is 16.1 Å². The largest absolute Gasteiger partial charge is 0.507 e. The minimum Gasteiger partial charge on any atom is -0.507 e. The molecule has 1 aromatic rings. The Morgan fingerprint density at radius 3 is 2.47 bits per heavy atom. The van der Waals surface area contributed by atoms with Gasteiger partial charge in [-0.3, -0.25) is 4.79 Å². The molecule has 4 heteroatoms. The van der Waals surface area contributed by atoms with E-state index in [1.807, 2.05) is 11.9 Å². The Kier molecular flexibility index (Phi) is 4.86. The van der Waals surface area contributed by atoms with Crippen molar-refractivity contribution in [2.75, 3.05) is 7.05 Å². The van der Waals surface area contributed by atoms with Crippen LogP contribution in [0, 0.1) is 0 Å². The summed E-state index contributed by atoms with van der Waals surface area (Å²) in [4.78, 5) is 14.3. The molecule has 0 heterocycles. The lowest BCUT2D eigenvalue weighted by Crippen LogP contribution is -2.36. The van der Waals surface area contributed by atoms with Crippen molar-refractivity contribution in [1.82, 2.24) is 4.90 Å². The number of hydrogen-bond donors (Lipinski definition) is 1. The van der Waals surface area contributed by atoms with Crippen LogP contribution in [0.25, 0.3) is 0 Å². The van der Waals surface area contributed by atoms with Crippen molar-refractivity contribution < 1.29 is 9.90 Å². The van der Waals surface area contributed by atoms with Crippen molar-refractivity contribution in [3.05, 3.63) is 28.2 Å². The first-order valence-corrected chi connectivity index (χ1v) is 7.64. The van der Waals surface area contributed by atoms with E-state index in [0.717, 1.165) is 12.8 Å². The van der Waals surface area contributed by atoms with Gasteiger partial charge in [0.1, 0.15) is 5.75 Å². The second-order valence-electron chi connectivity index (χ2n) is 5.23. The molecule has 1 aliphatic rings. The van der Waals surface area contributed by atoms with Crippen molar-refractivity contribution >= 4 is 21.8 Å². The smallest absolute Gasteiger partial charge is 0.253 e. The summed E-state index contributed by atoms with van der Waals surface area (Å²) in [6.45, 7) is 0. The fourth-order valence-corrected chi connectivity index (χ4v) is 2.91. The molecular weight excluding hydrogens is 306 g/mol. The molecule has 1 saturated carbocycles. The van der Waals surface area contributed by atoms with Gasteiger partial charge in [-0.25, -0.2) is 0 Å². The minimum atomic E-state index is -0.00491. The predicted molar refractivity (Wildman–Crippen MR) is 79.4 cm³/mol. The Bertz CT molecular complexity index is 453. The summed E-state index contributed by atoms with van der Waals surface area (Å²) in [5, 5.41) is 9.67. The molecule has 3 nitrogen and oxygen atoms in total. The third-order valence-electron chi connectivity index (χ3n) is 3.89. The van der Waals surface area contributed by atoms with Gasteiger partial charge in [-0.15, -0.1) is 0 Å². The molecule has 0 unspecified atom stereocenters. The maximum Gasteiger partial charge on any atom is 0.253 e. The normalized spacial score (nSPS) is 16.9. The van der Waals surface area contributed by atoms with Crippen LogP contribution in [0.2, 0.25) is 0 Å². The molecule has 104 valence electrons. The standard InChI is InChI=1S/C15H20BrNO2/c1-17(12-6-4-2-3-5-7-12)15(19)11-8-9-13(16)14(18)10-11/h8-10,12,18H,2-7H2,1H3. The zero-order chi connectivity index (χ0) is 13.8. The first-order valence-electron chi connectivity index (χ1n) is 6.85. The van der Waals surface area contributed by atoms with E-state index in [2.05, 4.69) is 15.9 Å². The number of halogens is 1. The summed E-state index contributed by atoms with van der Waals surface area (Å²) in [5.41, 5.74) is 0.549. The van der Waals surface area contributed by atoms with Gasteiger partial charge in [0, 0.05) is 18.7 Å². The zero-order valence-electron chi connectivity index (χ0n) is 11.2. The van der Waals surface area contributed by atoms with E-state index in [-0.39, 0.29) is 11.7 Å². The van der Waals surface area contributed by atoms with Gasteiger partial charge in [0.25, 0.3) is 5.91 Å². The number of carbonyl (C=O) groups is 1. The van der Waals surface area contributed by atoms with Crippen molar-refractivity contribution in [3.8, 4) is 5.75 Å². The van der Waals surface area contributed by atoms with Crippen LogP contribution in [0.15, 0.2) is 22.7 Å². The molecule has 0 aliphatic heterocycles. The SMILES string of the molecule is CN(C(=O)c1ccc(Br)c(O)c1)C1CCCCCC1. The quantitative estimate of drug-likeness (QED) is 0.836. The Morgan fingerprint density at radius 1 is 1.26 bits per heavy atom. The number of aromatic hydroxyl groups is 1. The number of carbonyl (C=O) groups excluding carboxylic acids is 1. The number of hydrogen-bond acceptors (Lipinski definition) is 2. The molecule has 0 bridgehead atoms. The number of nitrogens with zero attached hydrogens (tertiary/aromatic N) is 1. The number of benzene rings is 1. The third-order valence-corrected chi connectivity index (χ3v) is 4.56. The minimum absolute atomic E-state index is 0.00491. The van der Waals surface area contributed by atoms with Crippen molar-refractivity contribution in [1.29, 1.82) is 0 Å². The number of amides is 1. The summed E-state index contributed by atoms with van der Waals surface area (Å²) >= 11 is 3.23. The highest BCUT2D eigenvalue weighted by molar-refractivity contribution is 9.10. The number of phenols is 1. The number of rotatable bonds is 2. The van der Waals surface area contributed by atoms with Crippen LogP contribution in [0.4, 0.5) is 0 Å². The average Bonchev–Trinajstić information content (AvgIpc) is 2.69. The molecule has 19 heavy (non-hydrogen) atoms. The topological polar surface area (TPSA) is 40.5 Å². The van der Waals surface area contributed by atoms with Gasteiger partial charge in [0.15, 0.2) is 0 Å². The average molecular weight is 326 g/mol. The lowest BCUT2D eigenvalue weighted by atomic mass is 10.1. The Morgan fingerprint density at radius 2 is 1.89 bits per heavy atom. The molecule has 1 N–H and O–H groups in total. The van der Waals surface area contributed by atoms with E-state index >= 15 is 0 Å². The zero-order valence-corrected chi connectivity index (χ0v) is 12.8. The molecule has 0 radical (unpaired) electrons. The van der Waals surface area contributed by atoms with Gasteiger partial charge in [0.05, 0.1) is 4.47 Å². The molecule has 1 fully saturated rings. The maximum atomic E-state index is 12.4. The highest BCUT2D eigenvalue weighted by atomic mass is 79.9. The molecule has 1 aliphatic carbocycles. The second-order valence-corrected chi connectivity index (χ2v) is 6.08. The van der Waals surface area contributed by atoms with Crippen LogP contribution >= 0.6 is 15.9 Å². The van der Waals surface area contributed by atoms with E-state index in [1.165, 1.54) is 31.7 Å². The maximum absolute atomic E-state index is 12.4. The Balaban J connectivity index is 2.10. The lowest BCUT2D eigenvalue weighted by Gasteiger charge is -2.27. The van der Waals surface area contributed by atoms with Crippen LogP contribution in [0.5, 0.6) is 5.75 Å². The van der Waals surface area contributed by atoms with Gasteiger partial charge >= 0.3 is 0 Å². The van der Waals surface area contributed by atoms with Crippen LogP contribution in [-0.2, 0) is 0 Å². The van der Waals surface area contributed by atoms with Crippen molar-refractivity contribution in [2.45, 2.75) is 44.6 Å². The van der Waals surface area contributed by atoms with Gasteiger partial charge in [0.2, 0.25) is 0 Å². The van der Waals surface area contributed by atoms with E-state index in [1.54, 1.807) is 12.1 Å². The predicted octanol–water partition coefficient (Wildman–Crippen LogP) is 3.95. The third kappa shape index (κ3) is 3.50. The summed E-state index contributed by atoms with van der Waals surface area (Å²) in [7, 11) is 1.87. The van der Waals surface area contributed by atoms with Crippen LogP contribution in [0.3, 0.4) is 0 Å². The first-order chi connectivity index (χ1) is 9.09. The molecule has 0 spiro atoms. The van der Waals surface area contributed by atoms with Crippen LogP contribution in [0.1, 0.15) is 48.9 Å². The molecular formula is C15H20BrNO2. The van der Waals surface area contributed by atoms with Crippen molar-refractivity contribution in [3.63, 3.8) is 0 Å². The van der Waals surface area contributed by atoms with Gasteiger partial charge in [-0.05, 0) is 47.0 Å². The van der Waals surface area contributed by atoms with Gasteiger partial charge in [-0.1, -0.05) is 25.7 Å². The molecule has 0 saturated heterocycles. The molecule has 2 rings (SSSR count). The first kappa shape index (κ1) is 14.4. The second kappa shape index (κ2) is 6.42. The summed E-state index contributed by atoms with van der Waals surface area (Å²) in [5.74, 6) is 0.106. The number of phenolic OH excluding ortho intramolecular Hbond substituents is 1. The van der Waals surface area contributed by atoms with Crippen molar-refractivity contribution in [2.24, 2.45) is 0 Å². The Hall–Kier alpha value is -1.03. The van der Waals surface area contributed by atoms with Crippen LogP contribution < -0.4 is 0 Å². The van der Waals surface area contributed by atoms with Gasteiger partial charge in [-0.2, -0.15) is 0 Å². The lowest BCUT2D eigenvalue weighted by molar-refractivity contribution is 0.0717. The fraction of sp³-hybridized carbons (Fsp3) is 0.533.